The molecule has 0 fully saturated rings. The number of amides is 1. The molecule has 2 atom stereocenters. The topological polar surface area (TPSA) is 81.1 Å². The molecule has 0 aromatic heterocycles. The number of nitrogens with one attached hydrogen (secondary N) is 1. The van der Waals surface area contributed by atoms with Crippen molar-refractivity contribution in [3.63, 3.8) is 0 Å². The molecule has 0 aliphatic heterocycles. The van der Waals surface area contributed by atoms with Crippen LogP contribution in [0.25, 0.3) is 0 Å². The van der Waals surface area contributed by atoms with E-state index >= 15 is 0 Å². The average Bonchev–Trinajstić information content (AvgIpc) is 2.15. The smallest absolute Gasteiger partial charge is 0.237 e. The van der Waals surface area contributed by atoms with E-state index in [1.807, 2.05) is 13.8 Å². The van der Waals surface area contributed by atoms with Crippen LogP contribution in [0.5, 0.6) is 0 Å². The fourth-order valence-electron chi connectivity index (χ4n) is 0.944. The molecule has 0 aliphatic carbocycles. The first-order valence-corrected chi connectivity index (χ1v) is 4.86. The maximum Gasteiger partial charge on any atom is 0.237 e. The number of hydrogen-bond acceptors (Lipinski definition) is 3. The third-order valence-corrected chi connectivity index (χ3v) is 2.24. The first kappa shape index (κ1) is 12.4. The zero-order valence-electron chi connectivity index (χ0n) is 8.55. The van der Waals surface area contributed by atoms with Crippen LogP contribution in [0.15, 0.2) is 0 Å². The Labute approximate surface area is 80.0 Å². The number of carbonyl (C=O) groups excluding carboxylic acids is 1. The minimum absolute atomic E-state index is 0.0669. The summed E-state index contributed by atoms with van der Waals surface area (Å²) < 4.78 is 0. The van der Waals surface area contributed by atoms with Gasteiger partial charge in [0.25, 0.3) is 0 Å². The number of nitrogens with two attached hydrogens (primary N) is 2. The Morgan fingerprint density at radius 1 is 1.54 bits per heavy atom. The van der Waals surface area contributed by atoms with Crippen molar-refractivity contribution in [2.24, 2.45) is 17.4 Å². The molecule has 0 saturated heterocycles. The van der Waals surface area contributed by atoms with Gasteiger partial charge in [0.05, 0.1) is 6.04 Å². The zero-order valence-corrected chi connectivity index (χ0v) is 8.55. The third-order valence-electron chi connectivity index (χ3n) is 2.24. The number of hydrogen-bond donors (Lipinski definition) is 3. The van der Waals surface area contributed by atoms with E-state index in [1.165, 1.54) is 0 Å². The molecule has 0 heterocycles. The van der Waals surface area contributed by atoms with E-state index in [0.29, 0.717) is 13.1 Å². The fourth-order valence-corrected chi connectivity index (χ4v) is 0.944. The van der Waals surface area contributed by atoms with E-state index in [2.05, 4.69) is 5.32 Å². The molecule has 0 radical (unpaired) electrons. The van der Waals surface area contributed by atoms with Gasteiger partial charge >= 0.3 is 0 Å². The van der Waals surface area contributed by atoms with Crippen LogP contribution < -0.4 is 16.8 Å². The van der Waals surface area contributed by atoms with Crippen molar-refractivity contribution >= 4 is 5.91 Å². The van der Waals surface area contributed by atoms with Gasteiger partial charge in [0, 0.05) is 6.54 Å². The summed E-state index contributed by atoms with van der Waals surface area (Å²) in [4.78, 5) is 11.3. The fraction of sp³-hybridized carbons (Fsp3) is 0.889. The normalized spacial score (nSPS) is 15.1. The van der Waals surface area contributed by atoms with Gasteiger partial charge in [-0.05, 0) is 18.9 Å². The molecule has 2 unspecified atom stereocenters. The summed E-state index contributed by atoms with van der Waals surface area (Å²) in [5.74, 6) is 0.167. The Hall–Kier alpha value is -0.610. The van der Waals surface area contributed by atoms with Crippen LogP contribution in [0.4, 0.5) is 0 Å². The van der Waals surface area contributed by atoms with Crippen LogP contribution in [-0.2, 0) is 4.79 Å². The second kappa shape index (κ2) is 6.86. The van der Waals surface area contributed by atoms with Crippen molar-refractivity contribution in [1.29, 1.82) is 0 Å². The number of rotatable bonds is 6. The van der Waals surface area contributed by atoms with E-state index in [-0.39, 0.29) is 17.9 Å². The lowest BCUT2D eigenvalue weighted by atomic mass is 9.99. The summed E-state index contributed by atoms with van der Waals surface area (Å²) in [6, 6.07) is -0.386. The highest BCUT2D eigenvalue weighted by Gasteiger charge is 2.18. The molecule has 0 saturated carbocycles. The predicted octanol–water partition coefficient (Wildman–Crippen LogP) is -0.175. The number of carbonyl (C=O) groups is 1. The SMILES string of the molecule is CCC(C)C(N)C(=O)NCCCN. The van der Waals surface area contributed by atoms with Gasteiger partial charge in [-0.1, -0.05) is 20.3 Å². The van der Waals surface area contributed by atoms with Gasteiger partial charge in [0.1, 0.15) is 0 Å². The van der Waals surface area contributed by atoms with Gasteiger partial charge in [-0.2, -0.15) is 0 Å². The molecule has 1 amide bonds. The van der Waals surface area contributed by atoms with Crippen molar-refractivity contribution in [3.8, 4) is 0 Å². The van der Waals surface area contributed by atoms with Crippen LogP contribution in [-0.4, -0.2) is 25.0 Å². The first-order chi connectivity index (χ1) is 6.13. The van der Waals surface area contributed by atoms with E-state index in [4.69, 9.17) is 11.5 Å². The van der Waals surface area contributed by atoms with Crippen molar-refractivity contribution < 1.29 is 4.79 Å². The Bertz CT molecular complexity index is 150. The Balaban J connectivity index is 3.69. The molecule has 0 spiro atoms. The van der Waals surface area contributed by atoms with E-state index in [9.17, 15) is 4.79 Å². The maximum absolute atomic E-state index is 11.3. The molecule has 0 aromatic rings. The zero-order chi connectivity index (χ0) is 10.3. The second-order valence-corrected chi connectivity index (χ2v) is 3.34. The standard InChI is InChI=1S/C9H21N3O/c1-3-7(2)8(11)9(13)12-6-4-5-10/h7-8H,3-6,10-11H2,1-2H3,(H,12,13). The molecule has 5 N–H and O–H groups in total. The summed E-state index contributed by atoms with van der Waals surface area (Å²) >= 11 is 0. The quantitative estimate of drug-likeness (QED) is 0.505. The molecular formula is C9H21N3O. The lowest BCUT2D eigenvalue weighted by molar-refractivity contribution is -0.123. The summed E-state index contributed by atoms with van der Waals surface area (Å²) in [6.45, 7) is 5.23. The molecule has 0 aromatic carbocycles. The van der Waals surface area contributed by atoms with Crippen molar-refractivity contribution in [1.82, 2.24) is 5.32 Å². The minimum atomic E-state index is -0.386. The van der Waals surface area contributed by atoms with Crippen LogP contribution in [0, 0.1) is 5.92 Å². The highest BCUT2D eigenvalue weighted by Crippen LogP contribution is 2.04. The molecule has 13 heavy (non-hydrogen) atoms. The van der Waals surface area contributed by atoms with Crippen LogP contribution in [0.3, 0.4) is 0 Å². The average molecular weight is 187 g/mol. The Kier molecular flexibility index (Phi) is 6.54. The summed E-state index contributed by atoms with van der Waals surface area (Å²) in [7, 11) is 0. The molecule has 0 rings (SSSR count). The van der Waals surface area contributed by atoms with Crippen LogP contribution in [0.2, 0.25) is 0 Å². The van der Waals surface area contributed by atoms with Crippen molar-refractivity contribution in [2.75, 3.05) is 13.1 Å². The van der Waals surface area contributed by atoms with Gasteiger partial charge in [0.15, 0.2) is 0 Å². The first-order valence-electron chi connectivity index (χ1n) is 4.86. The van der Waals surface area contributed by atoms with Crippen LogP contribution in [0.1, 0.15) is 26.7 Å². The largest absolute Gasteiger partial charge is 0.355 e. The molecule has 4 nitrogen and oxygen atoms in total. The van der Waals surface area contributed by atoms with Gasteiger partial charge in [-0.15, -0.1) is 0 Å². The summed E-state index contributed by atoms with van der Waals surface area (Å²) in [5, 5.41) is 2.75. The second-order valence-electron chi connectivity index (χ2n) is 3.34. The van der Waals surface area contributed by atoms with E-state index in [0.717, 1.165) is 12.8 Å². The highest BCUT2D eigenvalue weighted by molar-refractivity contribution is 5.81. The maximum atomic E-state index is 11.3. The van der Waals surface area contributed by atoms with Crippen molar-refractivity contribution in [3.05, 3.63) is 0 Å². The molecule has 0 aliphatic rings. The van der Waals surface area contributed by atoms with Gasteiger partial charge in [0.2, 0.25) is 5.91 Å². The van der Waals surface area contributed by atoms with Gasteiger partial charge in [-0.25, -0.2) is 0 Å². The van der Waals surface area contributed by atoms with E-state index < -0.39 is 0 Å². The monoisotopic (exact) mass is 187 g/mol. The lowest BCUT2D eigenvalue weighted by Crippen LogP contribution is -2.45. The predicted molar refractivity (Wildman–Crippen MR) is 54.1 cm³/mol. The molecule has 4 heteroatoms. The summed E-state index contributed by atoms with van der Waals surface area (Å²) in [6.07, 6.45) is 1.73. The Morgan fingerprint density at radius 3 is 2.62 bits per heavy atom. The van der Waals surface area contributed by atoms with Crippen molar-refractivity contribution in [2.45, 2.75) is 32.7 Å². The summed E-state index contributed by atoms with van der Waals surface area (Å²) in [5.41, 5.74) is 11.0. The van der Waals surface area contributed by atoms with E-state index in [1.54, 1.807) is 0 Å². The molecular weight excluding hydrogens is 166 g/mol. The van der Waals surface area contributed by atoms with Crippen LogP contribution >= 0.6 is 0 Å². The minimum Gasteiger partial charge on any atom is -0.355 e. The van der Waals surface area contributed by atoms with Gasteiger partial charge in [-0.3, -0.25) is 4.79 Å². The third kappa shape index (κ3) is 4.85. The van der Waals surface area contributed by atoms with Gasteiger partial charge < -0.3 is 16.8 Å². The highest BCUT2D eigenvalue weighted by atomic mass is 16.2. The molecule has 78 valence electrons. The Morgan fingerprint density at radius 2 is 2.15 bits per heavy atom. The lowest BCUT2D eigenvalue weighted by Gasteiger charge is -2.17. The molecule has 0 bridgehead atoms.